The highest BCUT2D eigenvalue weighted by Gasteiger charge is 2.28. The third-order valence-corrected chi connectivity index (χ3v) is 3.86. The van der Waals surface area contributed by atoms with Crippen molar-refractivity contribution in [2.75, 3.05) is 0 Å². The summed E-state index contributed by atoms with van der Waals surface area (Å²) < 4.78 is 2.91. The number of rotatable bonds is 2. The lowest BCUT2D eigenvalue weighted by molar-refractivity contribution is 0.735. The predicted molar refractivity (Wildman–Crippen MR) is 63.7 cm³/mol. The molecule has 15 heavy (non-hydrogen) atoms. The van der Waals surface area contributed by atoms with Gasteiger partial charge in [-0.3, -0.25) is 9.67 Å². The van der Waals surface area contributed by atoms with Crippen molar-refractivity contribution in [1.29, 1.82) is 0 Å². The Hall–Kier alpha value is -0.940. The topological polar surface area (TPSA) is 33.6 Å². The Morgan fingerprint density at radius 3 is 2.93 bits per heavy atom. The van der Waals surface area contributed by atoms with E-state index in [1.165, 1.54) is 24.0 Å². The Morgan fingerprint density at radius 2 is 2.33 bits per heavy atom. The highest BCUT2D eigenvalue weighted by molar-refractivity contribution is 7.71. The second-order valence-corrected chi connectivity index (χ2v) is 5.05. The molecule has 78 valence electrons. The van der Waals surface area contributed by atoms with Gasteiger partial charge >= 0.3 is 0 Å². The zero-order chi connectivity index (χ0) is 10.4. The lowest BCUT2D eigenvalue weighted by Gasteiger charge is -2.03. The van der Waals surface area contributed by atoms with Gasteiger partial charge in [-0.05, 0) is 42.9 Å². The van der Waals surface area contributed by atoms with Crippen LogP contribution in [0, 0.1) is 11.7 Å². The number of aryl methyl sites for hydroxylation is 1. The van der Waals surface area contributed by atoms with E-state index in [0.717, 1.165) is 10.6 Å². The number of aromatic amines is 1. The van der Waals surface area contributed by atoms with Crippen LogP contribution in [0.15, 0.2) is 10.8 Å². The first-order valence-corrected chi connectivity index (χ1v) is 6.32. The fraction of sp³-hybridized carbons (Fsp3) is 0.400. The van der Waals surface area contributed by atoms with Crippen LogP contribution < -0.4 is 0 Å². The van der Waals surface area contributed by atoms with E-state index >= 15 is 0 Å². The SMILES string of the molecule is Cc1cscc1-c1n[nH]c(=S)n1C1CC1. The molecule has 2 aromatic heterocycles. The van der Waals surface area contributed by atoms with E-state index in [0.29, 0.717) is 6.04 Å². The lowest BCUT2D eigenvalue weighted by atomic mass is 10.2. The molecule has 1 aliphatic rings. The largest absolute Gasteiger partial charge is 0.297 e. The van der Waals surface area contributed by atoms with Crippen molar-refractivity contribution in [1.82, 2.24) is 14.8 Å². The molecule has 0 aliphatic heterocycles. The predicted octanol–water partition coefficient (Wildman–Crippen LogP) is 3.31. The van der Waals surface area contributed by atoms with E-state index < -0.39 is 0 Å². The Balaban J connectivity index is 2.20. The van der Waals surface area contributed by atoms with E-state index in [9.17, 15) is 0 Å². The molecule has 0 radical (unpaired) electrons. The van der Waals surface area contributed by atoms with Gasteiger partial charge in [0.2, 0.25) is 0 Å². The summed E-state index contributed by atoms with van der Waals surface area (Å²) in [4.78, 5) is 0. The fourth-order valence-corrected chi connectivity index (χ4v) is 2.86. The molecule has 0 amide bonds. The van der Waals surface area contributed by atoms with Gasteiger partial charge in [0.25, 0.3) is 0 Å². The summed E-state index contributed by atoms with van der Waals surface area (Å²) in [6.45, 7) is 2.11. The summed E-state index contributed by atoms with van der Waals surface area (Å²) in [7, 11) is 0. The van der Waals surface area contributed by atoms with Gasteiger partial charge in [-0.1, -0.05) is 0 Å². The average Bonchev–Trinajstić information content (AvgIpc) is 2.85. The zero-order valence-corrected chi connectivity index (χ0v) is 9.99. The summed E-state index contributed by atoms with van der Waals surface area (Å²) in [6, 6.07) is 0.575. The smallest absolute Gasteiger partial charge is 0.195 e. The second kappa shape index (κ2) is 3.28. The minimum absolute atomic E-state index is 0.575. The molecule has 0 bridgehead atoms. The number of nitrogens with zero attached hydrogens (tertiary/aromatic N) is 2. The van der Waals surface area contributed by atoms with Crippen LogP contribution in [-0.2, 0) is 0 Å². The van der Waals surface area contributed by atoms with E-state index in [2.05, 4.69) is 32.4 Å². The zero-order valence-electron chi connectivity index (χ0n) is 8.36. The molecular formula is C10H11N3S2. The van der Waals surface area contributed by atoms with Crippen LogP contribution in [0.1, 0.15) is 24.4 Å². The third-order valence-electron chi connectivity index (χ3n) is 2.71. The minimum atomic E-state index is 0.575. The summed E-state index contributed by atoms with van der Waals surface area (Å²) in [5.41, 5.74) is 2.48. The summed E-state index contributed by atoms with van der Waals surface area (Å²) in [5.74, 6) is 1.00. The van der Waals surface area contributed by atoms with Crippen molar-refractivity contribution in [2.45, 2.75) is 25.8 Å². The third kappa shape index (κ3) is 1.46. The van der Waals surface area contributed by atoms with Crippen LogP contribution in [0.3, 0.4) is 0 Å². The molecule has 0 atom stereocenters. The van der Waals surface area contributed by atoms with Crippen LogP contribution in [0.2, 0.25) is 0 Å². The Morgan fingerprint density at radius 1 is 1.53 bits per heavy atom. The van der Waals surface area contributed by atoms with Crippen LogP contribution in [0.4, 0.5) is 0 Å². The number of nitrogens with one attached hydrogen (secondary N) is 1. The molecule has 0 saturated heterocycles. The molecular weight excluding hydrogens is 226 g/mol. The van der Waals surface area contributed by atoms with Gasteiger partial charge in [0.1, 0.15) is 0 Å². The van der Waals surface area contributed by atoms with Crippen molar-refractivity contribution >= 4 is 23.6 Å². The molecule has 1 fully saturated rings. The number of hydrogen-bond donors (Lipinski definition) is 1. The molecule has 3 rings (SSSR count). The van der Waals surface area contributed by atoms with Crippen molar-refractivity contribution in [3.8, 4) is 11.4 Å². The second-order valence-electron chi connectivity index (χ2n) is 3.92. The Labute approximate surface area is 96.8 Å². The van der Waals surface area contributed by atoms with Crippen molar-refractivity contribution < 1.29 is 0 Å². The normalized spacial score (nSPS) is 15.8. The molecule has 1 saturated carbocycles. The minimum Gasteiger partial charge on any atom is -0.297 e. The van der Waals surface area contributed by atoms with Gasteiger partial charge in [-0.25, -0.2) is 0 Å². The van der Waals surface area contributed by atoms with Crippen LogP contribution in [-0.4, -0.2) is 14.8 Å². The number of thiophene rings is 1. The first-order chi connectivity index (χ1) is 7.27. The molecule has 0 aromatic carbocycles. The van der Waals surface area contributed by atoms with Crippen molar-refractivity contribution in [3.05, 3.63) is 21.1 Å². The van der Waals surface area contributed by atoms with Crippen molar-refractivity contribution in [2.24, 2.45) is 0 Å². The number of hydrogen-bond acceptors (Lipinski definition) is 3. The van der Waals surface area contributed by atoms with Gasteiger partial charge in [-0.2, -0.15) is 16.4 Å². The molecule has 2 heterocycles. The highest BCUT2D eigenvalue weighted by Crippen LogP contribution is 2.39. The van der Waals surface area contributed by atoms with Gasteiger partial charge in [-0.15, -0.1) is 0 Å². The quantitative estimate of drug-likeness (QED) is 0.813. The number of aromatic nitrogens is 3. The summed E-state index contributed by atoms with van der Waals surface area (Å²) >= 11 is 6.96. The molecule has 0 spiro atoms. The van der Waals surface area contributed by atoms with E-state index in [1.807, 2.05) is 0 Å². The van der Waals surface area contributed by atoms with E-state index in [-0.39, 0.29) is 0 Å². The van der Waals surface area contributed by atoms with Gasteiger partial charge < -0.3 is 0 Å². The molecule has 5 heteroatoms. The monoisotopic (exact) mass is 237 g/mol. The molecule has 3 nitrogen and oxygen atoms in total. The van der Waals surface area contributed by atoms with E-state index in [4.69, 9.17) is 12.2 Å². The van der Waals surface area contributed by atoms with E-state index in [1.54, 1.807) is 11.3 Å². The standard InChI is InChI=1S/C10H11N3S2/c1-6-4-15-5-8(6)9-11-12-10(14)13(9)7-2-3-7/h4-5,7H,2-3H2,1H3,(H,12,14). The van der Waals surface area contributed by atoms with Gasteiger partial charge in [0.05, 0.1) is 0 Å². The highest BCUT2D eigenvalue weighted by atomic mass is 32.1. The van der Waals surface area contributed by atoms with Crippen LogP contribution >= 0.6 is 23.6 Å². The van der Waals surface area contributed by atoms with Crippen LogP contribution in [0.25, 0.3) is 11.4 Å². The maximum atomic E-state index is 5.25. The Kier molecular flexibility index (Phi) is 2.03. The molecule has 1 aliphatic carbocycles. The maximum Gasteiger partial charge on any atom is 0.195 e. The fourth-order valence-electron chi connectivity index (χ4n) is 1.76. The maximum absolute atomic E-state index is 5.25. The molecule has 0 unspecified atom stereocenters. The van der Waals surface area contributed by atoms with Crippen molar-refractivity contribution in [3.63, 3.8) is 0 Å². The average molecular weight is 237 g/mol. The van der Waals surface area contributed by atoms with Gasteiger partial charge in [0, 0.05) is 17.0 Å². The number of H-pyrrole nitrogens is 1. The molecule has 2 aromatic rings. The first-order valence-electron chi connectivity index (χ1n) is 4.97. The molecule has 1 N–H and O–H groups in total. The summed E-state index contributed by atoms with van der Waals surface area (Å²) in [6.07, 6.45) is 2.45. The van der Waals surface area contributed by atoms with Crippen LogP contribution in [0.5, 0.6) is 0 Å². The van der Waals surface area contributed by atoms with Gasteiger partial charge in [0.15, 0.2) is 10.6 Å². The lowest BCUT2D eigenvalue weighted by Crippen LogP contribution is -1.97. The summed E-state index contributed by atoms with van der Waals surface area (Å²) in [5, 5.41) is 11.5. The Bertz CT molecular complexity index is 545. The first kappa shape index (κ1) is 9.30.